The van der Waals surface area contributed by atoms with E-state index in [1.807, 2.05) is 0 Å². The molecule has 0 aliphatic carbocycles. The van der Waals surface area contributed by atoms with E-state index in [0.29, 0.717) is 28.3 Å². The number of benzene rings is 2. The van der Waals surface area contributed by atoms with Gasteiger partial charge in [0.2, 0.25) is 5.91 Å². The van der Waals surface area contributed by atoms with Gasteiger partial charge in [0.15, 0.2) is 12.4 Å². The lowest BCUT2D eigenvalue weighted by Crippen LogP contribution is -2.16. The van der Waals surface area contributed by atoms with E-state index in [2.05, 4.69) is 5.32 Å². The molecule has 2 aromatic rings. The van der Waals surface area contributed by atoms with Crippen LogP contribution in [-0.4, -0.2) is 36.5 Å². The van der Waals surface area contributed by atoms with Gasteiger partial charge in [0, 0.05) is 16.8 Å². The Morgan fingerprint density at radius 1 is 1.11 bits per heavy atom. The van der Waals surface area contributed by atoms with Crippen LogP contribution in [0.25, 0.3) is 0 Å². The van der Waals surface area contributed by atoms with Gasteiger partial charge in [-0.05, 0) is 55.8 Å². The zero-order chi connectivity index (χ0) is 20.0. The minimum absolute atomic E-state index is 0.0427. The summed E-state index contributed by atoms with van der Waals surface area (Å²) in [5.41, 5.74) is 2.44. The van der Waals surface area contributed by atoms with Crippen LogP contribution < -0.4 is 14.8 Å². The first kappa shape index (κ1) is 20.0. The second-order valence-corrected chi connectivity index (χ2v) is 5.97. The van der Waals surface area contributed by atoms with Crippen LogP contribution in [0.3, 0.4) is 0 Å². The number of methoxy groups -OCH3 is 1. The van der Waals surface area contributed by atoms with Gasteiger partial charge in [-0.25, -0.2) is 4.79 Å². The number of aryl methyl sites for hydroxylation is 1. The van der Waals surface area contributed by atoms with Crippen LogP contribution in [0.15, 0.2) is 36.4 Å². The zero-order valence-electron chi connectivity index (χ0n) is 15.4. The first-order valence-electron chi connectivity index (χ1n) is 8.23. The monoisotopic (exact) mass is 371 g/mol. The number of hydrogen-bond acceptors (Lipinski definition) is 5. The van der Waals surface area contributed by atoms with Gasteiger partial charge in [-0.15, -0.1) is 0 Å². The fourth-order valence-electron chi connectivity index (χ4n) is 2.51. The third-order valence-corrected chi connectivity index (χ3v) is 3.87. The fourth-order valence-corrected chi connectivity index (χ4v) is 2.51. The molecule has 0 fully saturated rings. The van der Waals surface area contributed by atoms with E-state index < -0.39 is 12.6 Å². The summed E-state index contributed by atoms with van der Waals surface area (Å²) in [5, 5.41) is 11.4. The van der Waals surface area contributed by atoms with E-state index in [-0.39, 0.29) is 18.1 Å². The van der Waals surface area contributed by atoms with Crippen LogP contribution in [0.1, 0.15) is 28.4 Å². The largest absolute Gasteiger partial charge is 0.496 e. The molecule has 0 unspecified atom stereocenters. The molecular formula is C20H21NO6. The number of carbonyl (C=O) groups is 3. The Bertz CT molecular complexity index is 875. The quantitative estimate of drug-likeness (QED) is 0.692. The van der Waals surface area contributed by atoms with E-state index in [1.165, 1.54) is 14.0 Å². The second kappa shape index (κ2) is 8.84. The Kier molecular flexibility index (Phi) is 6.54. The number of nitrogens with one attached hydrogen (secondary N) is 1. The van der Waals surface area contributed by atoms with Gasteiger partial charge in [0.05, 0.1) is 13.5 Å². The number of amides is 1. The molecule has 0 saturated heterocycles. The van der Waals surface area contributed by atoms with Crippen LogP contribution in [0, 0.1) is 6.92 Å². The van der Waals surface area contributed by atoms with Gasteiger partial charge in [0.1, 0.15) is 11.5 Å². The molecule has 7 heteroatoms. The summed E-state index contributed by atoms with van der Waals surface area (Å²) in [4.78, 5) is 34.5. The maximum absolute atomic E-state index is 12.4. The summed E-state index contributed by atoms with van der Waals surface area (Å²) in [7, 11) is 1.50. The van der Waals surface area contributed by atoms with E-state index in [4.69, 9.17) is 14.6 Å². The minimum atomic E-state index is -1.06. The van der Waals surface area contributed by atoms with Gasteiger partial charge in [0.25, 0.3) is 0 Å². The topological polar surface area (TPSA) is 102 Å². The van der Waals surface area contributed by atoms with Gasteiger partial charge < -0.3 is 19.9 Å². The number of ketones is 1. The molecule has 1 amide bonds. The molecule has 0 heterocycles. The normalized spacial score (nSPS) is 10.2. The molecule has 27 heavy (non-hydrogen) atoms. The van der Waals surface area contributed by atoms with E-state index in [0.717, 1.165) is 5.56 Å². The number of carboxylic acid groups (broad SMARTS) is 1. The third-order valence-electron chi connectivity index (χ3n) is 3.87. The second-order valence-electron chi connectivity index (χ2n) is 5.97. The average Bonchev–Trinajstić information content (AvgIpc) is 2.61. The molecule has 0 bridgehead atoms. The van der Waals surface area contributed by atoms with Crippen LogP contribution in [0.5, 0.6) is 11.5 Å². The molecule has 2 aromatic carbocycles. The number of rotatable bonds is 8. The van der Waals surface area contributed by atoms with Crippen LogP contribution in [0.4, 0.5) is 5.69 Å². The lowest BCUT2D eigenvalue weighted by Gasteiger charge is -2.12. The van der Waals surface area contributed by atoms with Gasteiger partial charge in [-0.2, -0.15) is 0 Å². The van der Waals surface area contributed by atoms with Crippen molar-refractivity contribution in [2.75, 3.05) is 19.0 Å². The number of carboxylic acids is 1. The molecule has 0 aliphatic heterocycles. The van der Waals surface area contributed by atoms with Crippen LogP contribution in [-0.2, 0) is 16.0 Å². The highest BCUT2D eigenvalue weighted by molar-refractivity contribution is 5.96. The first-order valence-corrected chi connectivity index (χ1v) is 8.23. The average molecular weight is 371 g/mol. The zero-order valence-corrected chi connectivity index (χ0v) is 15.4. The van der Waals surface area contributed by atoms with Gasteiger partial charge in [-0.3, -0.25) is 9.59 Å². The van der Waals surface area contributed by atoms with Crippen molar-refractivity contribution in [3.63, 3.8) is 0 Å². The highest BCUT2D eigenvalue weighted by Crippen LogP contribution is 2.24. The molecular weight excluding hydrogens is 350 g/mol. The van der Waals surface area contributed by atoms with Crippen molar-refractivity contribution < 1.29 is 29.0 Å². The Hall–Kier alpha value is -3.35. The molecule has 0 spiro atoms. The molecule has 2 rings (SSSR count). The van der Waals surface area contributed by atoms with Crippen molar-refractivity contribution in [2.24, 2.45) is 0 Å². The standard InChI is InChI=1S/C20H21NO6/c1-12-8-16(27-11-20(24)25)5-6-17(12)21-19(23)10-15-9-14(13(2)22)4-7-18(15)26-3/h4-9H,10-11H2,1-3H3,(H,21,23)(H,24,25). The van der Waals surface area contributed by atoms with E-state index in [1.54, 1.807) is 43.3 Å². The van der Waals surface area contributed by atoms with Crippen molar-refractivity contribution in [1.82, 2.24) is 0 Å². The number of Topliss-reactive ketones (excluding diaryl/α,β-unsaturated/α-hetero) is 1. The summed E-state index contributed by atoms with van der Waals surface area (Å²) in [6.07, 6.45) is 0.0427. The smallest absolute Gasteiger partial charge is 0.341 e. The lowest BCUT2D eigenvalue weighted by molar-refractivity contribution is -0.139. The maximum atomic E-state index is 12.4. The number of hydrogen-bond donors (Lipinski definition) is 2. The van der Waals surface area contributed by atoms with Gasteiger partial charge in [-0.1, -0.05) is 0 Å². The maximum Gasteiger partial charge on any atom is 0.341 e. The highest BCUT2D eigenvalue weighted by atomic mass is 16.5. The SMILES string of the molecule is COc1ccc(C(C)=O)cc1CC(=O)Nc1ccc(OCC(=O)O)cc1C. The molecule has 0 radical (unpaired) electrons. The molecule has 142 valence electrons. The fraction of sp³-hybridized carbons (Fsp3) is 0.250. The Labute approximate surface area is 156 Å². The molecule has 2 N–H and O–H groups in total. The number of ether oxygens (including phenoxy) is 2. The molecule has 0 atom stereocenters. The Morgan fingerprint density at radius 3 is 2.44 bits per heavy atom. The highest BCUT2D eigenvalue weighted by Gasteiger charge is 2.13. The molecule has 0 aliphatic rings. The van der Waals surface area contributed by atoms with Crippen molar-refractivity contribution >= 4 is 23.3 Å². The molecule has 7 nitrogen and oxygen atoms in total. The lowest BCUT2D eigenvalue weighted by atomic mass is 10.0. The summed E-state index contributed by atoms with van der Waals surface area (Å²) in [6, 6.07) is 9.85. The van der Waals surface area contributed by atoms with E-state index in [9.17, 15) is 14.4 Å². The Balaban J connectivity index is 2.10. The van der Waals surface area contributed by atoms with E-state index >= 15 is 0 Å². The summed E-state index contributed by atoms with van der Waals surface area (Å²) < 4.78 is 10.4. The van der Waals surface area contributed by atoms with Crippen LogP contribution in [0.2, 0.25) is 0 Å². The number of carbonyl (C=O) groups excluding carboxylic acids is 2. The predicted molar refractivity (Wildman–Crippen MR) is 99.6 cm³/mol. The number of aliphatic carboxylic acids is 1. The Morgan fingerprint density at radius 2 is 1.85 bits per heavy atom. The summed E-state index contributed by atoms with van der Waals surface area (Å²) in [6.45, 7) is 2.81. The van der Waals surface area contributed by atoms with Crippen molar-refractivity contribution in [2.45, 2.75) is 20.3 Å². The molecule has 0 saturated carbocycles. The van der Waals surface area contributed by atoms with Crippen molar-refractivity contribution in [3.05, 3.63) is 53.1 Å². The van der Waals surface area contributed by atoms with Gasteiger partial charge >= 0.3 is 5.97 Å². The predicted octanol–water partition coefficient (Wildman–Crippen LogP) is 2.85. The van der Waals surface area contributed by atoms with Crippen molar-refractivity contribution in [3.8, 4) is 11.5 Å². The first-order chi connectivity index (χ1) is 12.8. The number of anilines is 1. The third kappa shape index (κ3) is 5.57. The molecule has 0 aromatic heterocycles. The minimum Gasteiger partial charge on any atom is -0.496 e. The van der Waals surface area contributed by atoms with Crippen LogP contribution >= 0.6 is 0 Å². The summed E-state index contributed by atoms with van der Waals surface area (Å²) >= 11 is 0. The van der Waals surface area contributed by atoms with Crippen molar-refractivity contribution in [1.29, 1.82) is 0 Å². The summed E-state index contributed by atoms with van der Waals surface area (Å²) in [5.74, 6) is -0.483.